The molecule has 2 saturated heterocycles. The van der Waals surface area contributed by atoms with Crippen molar-refractivity contribution < 1.29 is 14.3 Å². The molecule has 4 heterocycles. The summed E-state index contributed by atoms with van der Waals surface area (Å²) in [5, 5.41) is 8.58. The highest BCUT2D eigenvalue weighted by Gasteiger charge is 2.47. The van der Waals surface area contributed by atoms with E-state index < -0.39 is 5.60 Å². The summed E-state index contributed by atoms with van der Waals surface area (Å²) in [5.74, 6) is 1.45. The first-order valence-corrected chi connectivity index (χ1v) is 9.63. The van der Waals surface area contributed by atoms with Crippen LogP contribution in [0.5, 0.6) is 5.75 Å². The Kier molecular flexibility index (Phi) is 4.37. The summed E-state index contributed by atoms with van der Waals surface area (Å²) in [7, 11) is 0. The fourth-order valence-corrected chi connectivity index (χ4v) is 4.52. The van der Waals surface area contributed by atoms with Gasteiger partial charge in [-0.25, -0.2) is 4.79 Å². The van der Waals surface area contributed by atoms with Gasteiger partial charge in [0, 0.05) is 24.2 Å². The summed E-state index contributed by atoms with van der Waals surface area (Å²) in [6.45, 7) is 7.12. The van der Waals surface area contributed by atoms with Crippen molar-refractivity contribution in [1.82, 2.24) is 15.1 Å². The van der Waals surface area contributed by atoms with Crippen LogP contribution in [0.2, 0.25) is 5.15 Å². The number of aromatic nitrogens is 2. The highest BCUT2D eigenvalue weighted by atomic mass is 35.5. The molecule has 0 N–H and O–H groups in total. The van der Waals surface area contributed by atoms with Gasteiger partial charge in [-0.1, -0.05) is 11.6 Å². The minimum absolute atomic E-state index is 0.183. The number of carbonyl (C=O) groups is 1. The van der Waals surface area contributed by atoms with Crippen LogP contribution in [0.25, 0.3) is 0 Å². The quantitative estimate of drug-likeness (QED) is 0.744. The van der Waals surface area contributed by atoms with Crippen molar-refractivity contribution in [2.45, 2.75) is 70.2 Å². The first kappa shape index (κ1) is 17.6. The van der Waals surface area contributed by atoms with E-state index in [4.69, 9.17) is 21.1 Å². The summed E-state index contributed by atoms with van der Waals surface area (Å²) in [5.41, 5.74) is -0.467. The van der Waals surface area contributed by atoms with E-state index in [-0.39, 0.29) is 18.2 Å². The lowest BCUT2D eigenvalue weighted by Gasteiger charge is -2.44. The lowest BCUT2D eigenvalue weighted by Crippen LogP contribution is -2.55. The van der Waals surface area contributed by atoms with Gasteiger partial charge >= 0.3 is 6.09 Å². The first-order valence-electron chi connectivity index (χ1n) is 9.26. The van der Waals surface area contributed by atoms with Gasteiger partial charge in [0.1, 0.15) is 12.2 Å². The zero-order valence-corrected chi connectivity index (χ0v) is 16.2. The summed E-state index contributed by atoms with van der Waals surface area (Å²) in [4.78, 5) is 16.9. The van der Waals surface area contributed by atoms with Crippen LogP contribution in [-0.4, -0.2) is 58.1 Å². The van der Waals surface area contributed by atoms with Crippen LogP contribution in [0.3, 0.4) is 0 Å². The van der Waals surface area contributed by atoms with Crippen molar-refractivity contribution in [3.05, 3.63) is 11.2 Å². The van der Waals surface area contributed by atoms with Crippen molar-refractivity contribution >= 4 is 23.5 Å². The maximum Gasteiger partial charge on any atom is 0.410 e. The molecule has 1 aromatic rings. The Hall–Kier alpha value is -1.76. The molecule has 142 valence electrons. The molecule has 4 rings (SSSR count). The molecular weight excluding hydrogens is 356 g/mol. The summed E-state index contributed by atoms with van der Waals surface area (Å²) < 4.78 is 11.3. The second kappa shape index (κ2) is 6.44. The van der Waals surface area contributed by atoms with Gasteiger partial charge in [0.2, 0.25) is 0 Å². The number of carbonyl (C=O) groups excluding carboxylic acids is 1. The van der Waals surface area contributed by atoms with E-state index in [0.29, 0.717) is 23.6 Å². The predicted molar refractivity (Wildman–Crippen MR) is 97.8 cm³/mol. The van der Waals surface area contributed by atoms with Crippen LogP contribution >= 0.6 is 11.6 Å². The number of hydrogen-bond donors (Lipinski definition) is 0. The smallest absolute Gasteiger partial charge is 0.410 e. The average molecular weight is 381 g/mol. The SMILES string of the molecule is CC(C)(C)OC(=O)N1[C@@H]2CC[C@H]1C[C@H](N1CCOc3cc(Cl)nnc31)C2. The molecule has 0 aromatic carbocycles. The van der Waals surface area contributed by atoms with Crippen LogP contribution in [0.1, 0.15) is 46.5 Å². The molecule has 0 unspecified atom stereocenters. The van der Waals surface area contributed by atoms with Gasteiger partial charge in [-0.15, -0.1) is 10.2 Å². The molecular formula is C18H25ClN4O3. The topological polar surface area (TPSA) is 67.8 Å². The van der Waals surface area contributed by atoms with Crippen LogP contribution in [0.15, 0.2) is 6.07 Å². The molecule has 0 saturated carbocycles. The number of amides is 1. The Bertz CT molecular complexity index is 694. The number of ether oxygens (including phenoxy) is 2. The zero-order chi connectivity index (χ0) is 18.5. The molecule has 0 aliphatic carbocycles. The fraction of sp³-hybridized carbons (Fsp3) is 0.722. The van der Waals surface area contributed by atoms with E-state index in [9.17, 15) is 4.79 Å². The van der Waals surface area contributed by atoms with Gasteiger partial charge in [-0.2, -0.15) is 0 Å². The number of piperidine rings is 1. The second-order valence-electron chi connectivity index (χ2n) is 8.29. The summed E-state index contributed by atoms with van der Waals surface area (Å²) in [6.07, 6.45) is 3.71. The Morgan fingerprint density at radius 3 is 2.58 bits per heavy atom. The van der Waals surface area contributed by atoms with E-state index in [1.54, 1.807) is 6.07 Å². The zero-order valence-electron chi connectivity index (χ0n) is 15.4. The monoisotopic (exact) mass is 380 g/mol. The molecule has 7 nitrogen and oxygen atoms in total. The number of anilines is 1. The summed E-state index contributed by atoms with van der Waals surface area (Å²) in [6, 6.07) is 2.49. The van der Waals surface area contributed by atoms with Crippen molar-refractivity contribution in [3.63, 3.8) is 0 Å². The van der Waals surface area contributed by atoms with E-state index in [0.717, 1.165) is 38.0 Å². The van der Waals surface area contributed by atoms with Gasteiger partial charge in [0.25, 0.3) is 0 Å². The molecule has 1 amide bonds. The van der Waals surface area contributed by atoms with Crippen molar-refractivity contribution in [2.24, 2.45) is 0 Å². The molecule has 0 radical (unpaired) electrons. The molecule has 3 aliphatic heterocycles. The van der Waals surface area contributed by atoms with Crippen LogP contribution in [0.4, 0.5) is 10.6 Å². The fourth-order valence-electron chi connectivity index (χ4n) is 4.38. The average Bonchev–Trinajstić information content (AvgIpc) is 2.83. The molecule has 3 aliphatic rings. The van der Waals surface area contributed by atoms with Crippen LogP contribution in [0, 0.1) is 0 Å². The number of fused-ring (bicyclic) bond motifs is 3. The highest BCUT2D eigenvalue weighted by Crippen LogP contribution is 2.41. The maximum atomic E-state index is 12.6. The maximum absolute atomic E-state index is 12.6. The van der Waals surface area contributed by atoms with Crippen molar-refractivity contribution in [1.29, 1.82) is 0 Å². The Morgan fingerprint density at radius 2 is 1.92 bits per heavy atom. The summed E-state index contributed by atoms with van der Waals surface area (Å²) >= 11 is 5.94. The van der Waals surface area contributed by atoms with Gasteiger partial charge < -0.3 is 19.3 Å². The Labute approximate surface area is 158 Å². The molecule has 2 fully saturated rings. The molecule has 3 atom stereocenters. The van der Waals surface area contributed by atoms with E-state index in [1.807, 2.05) is 25.7 Å². The van der Waals surface area contributed by atoms with Gasteiger partial charge in [-0.05, 0) is 46.5 Å². The largest absolute Gasteiger partial charge is 0.488 e. The van der Waals surface area contributed by atoms with E-state index >= 15 is 0 Å². The lowest BCUT2D eigenvalue weighted by molar-refractivity contribution is 0.00560. The van der Waals surface area contributed by atoms with E-state index in [1.165, 1.54) is 0 Å². The highest BCUT2D eigenvalue weighted by molar-refractivity contribution is 6.29. The molecule has 26 heavy (non-hydrogen) atoms. The third-order valence-corrected chi connectivity index (χ3v) is 5.51. The Balaban J connectivity index is 1.51. The van der Waals surface area contributed by atoms with Crippen molar-refractivity contribution in [3.8, 4) is 5.75 Å². The lowest BCUT2D eigenvalue weighted by atomic mass is 9.96. The van der Waals surface area contributed by atoms with Gasteiger partial charge in [-0.3, -0.25) is 0 Å². The van der Waals surface area contributed by atoms with E-state index in [2.05, 4.69) is 15.1 Å². The van der Waals surface area contributed by atoms with Crippen LogP contribution in [-0.2, 0) is 4.74 Å². The third-order valence-electron chi connectivity index (χ3n) is 5.33. The van der Waals surface area contributed by atoms with Gasteiger partial charge in [0.15, 0.2) is 16.7 Å². The number of rotatable bonds is 1. The Morgan fingerprint density at radius 1 is 1.23 bits per heavy atom. The molecule has 2 bridgehead atoms. The van der Waals surface area contributed by atoms with Crippen molar-refractivity contribution in [2.75, 3.05) is 18.1 Å². The second-order valence-corrected chi connectivity index (χ2v) is 8.68. The number of halogens is 1. The number of nitrogens with zero attached hydrogens (tertiary/aromatic N) is 4. The van der Waals surface area contributed by atoms with Crippen LogP contribution < -0.4 is 9.64 Å². The number of hydrogen-bond acceptors (Lipinski definition) is 6. The first-order chi connectivity index (χ1) is 12.3. The molecule has 1 aromatic heterocycles. The molecule has 8 heteroatoms. The standard InChI is InChI=1S/C18H25ClN4O3/c1-18(2,3)26-17(24)23-11-4-5-12(23)9-13(8-11)22-6-7-25-14-10-15(19)20-21-16(14)22/h10-13H,4-9H2,1-3H3/t11-,12+,13-. The van der Waals surface area contributed by atoms with Gasteiger partial charge in [0.05, 0.1) is 6.54 Å². The minimum atomic E-state index is -0.467. The predicted octanol–water partition coefficient (Wildman–Crippen LogP) is 3.26. The minimum Gasteiger partial charge on any atom is -0.488 e. The third kappa shape index (κ3) is 3.29. The normalized spacial score (nSPS) is 27.8. The molecule has 0 spiro atoms.